The molecule has 0 fully saturated rings. The number of anilines is 3. The normalized spacial score (nSPS) is 12.7. The van der Waals surface area contributed by atoms with Gasteiger partial charge in [0.25, 0.3) is 0 Å². The van der Waals surface area contributed by atoms with Crippen molar-refractivity contribution in [2.45, 2.75) is 97.8 Å². The van der Waals surface area contributed by atoms with Crippen molar-refractivity contribution in [3.63, 3.8) is 0 Å². The summed E-state index contributed by atoms with van der Waals surface area (Å²) in [6.45, 7) is 16.1. The largest absolute Gasteiger partial charge is 0.311 e. The zero-order valence-electron chi connectivity index (χ0n) is 22.6. The molecular weight excluding hydrogens is 410 g/mol. The highest BCUT2D eigenvalue weighted by Crippen LogP contribution is 2.38. The molecular formula is C33H45N. The highest BCUT2D eigenvalue weighted by Gasteiger charge is 2.23. The van der Waals surface area contributed by atoms with Crippen LogP contribution >= 0.6 is 0 Å². The number of hydrogen-bond donors (Lipinski definition) is 0. The molecule has 1 unspecified atom stereocenters. The van der Waals surface area contributed by atoms with Crippen LogP contribution < -0.4 is 4.90 Å². The molecule has 1 nitrogen and oxygen atoms in total. The van der Waals surface area contributed by atoms with Crippen molar-refractivity contribution in [2.24, 2.45) is 0 Å². The molecule has 0 bridgehead atoms. The molecule has 0 aliphatic carbocycles. The van der Waals surface area contributed by atoms with Crippen molar-refractivity contribution >= 4 is 17.1 Å². The highest BCUT2D eigenvalue weighted by atomic mass is 15.1. The summed E-state index contributed by atoms with van der Waals surface area (Å²) in [4.78, 5) is 2.40. The zero-order chi connectivity index (χ0) is 24.7. The first-order valence-corrected chi connectivity index (χ1v) is 13.5. The number of hydrogen-bond acceptors (Lipinski definition) is 1. The fourth-order valence-electron chi connectivity index (χ4n) is 4.96. The van der Waals surface area contributed by atoms with Crippen LogP contribution in [0.15, 0.2) is 72.8 Å². The first kappa shape index (κ1) is 26.1. The molecule has 0 saturated heterocycles. The van der Waals surface area contributed by atoms with Crippen LogP contribution in [-0.4, -0.2) is 0 Å². The van der Waals surface area contributed by atoms with Crippen molar-refractivity contribution < 1.29 is 0 Å². The van der Waals surface area contributed by atoms with Gasteiger partial charge in [-0.1, -0.05) is 84.9 Å². The third-order valence-corrected chi connectivity index (χ3v) is 8.32. The van der Waals surface area contributed by atoms with E-state index < -0.39 is 0 Å². The Balaban J connectivity index is 2.04. The fourth-order valence-corrected chi connectivity index (χ4v) is 4.96. The first-order chi connectivity index (χ1) is 16.4. The van der Waals surface area contributed by atoms with Gasteiger partial charge in [-0.2, -0.15) is 0 Å². The van der Waals surface area contributed by atoms with Gasteiger partial charge in [0.2, 0.25) is 0 Å². The molecule has 3 rings (SSSR count). The van der Waals surface area contributed by atoms with Crippen molar-refractivity contribution in [3.05, 3.63) is 89.5 Å². The lowest BCUT2D eigenvalue weighted by molar-refractivity contribution is 0.439. The zero-order valence-corrected chi connectivity index (χ0v) is 22.6. The molecule has 182 valence electrons. The van der Waals surface area contributed by atoms with E-state index in [9.17, 15) is 0 Å². The van der Waals surface area contributed by atoms with Crippen molar-refractivity contribution in [2.75, 3.05) is 4.90 Å². The van der Waals surface area contributed by atoms with Gasteiger partial charge in [0.15, 0.2) is 0 Å². The van der Waals surface area contributed by atoms with E-state index in [0.29, 0.717) is 11.8 Å². The van der Waals surface area contributed by atoms with Crippen LogP contribution in [0, 0.1) is 0 Å². The smallest absolute Gasteiger partial charge is 0.0461 e. The standard InChI is InChI=1S/C33H45N/c1-8-25(6)27-13-19-30(20-14-27)34(31-21-15-28(16-22-31)26(9-2)10-3)32-23-17-29(18-24-32)33(7,11-4)12-5/h13-26H,8-12H2,1-7H3. The van der Waals surface area contributed by atoms with Gasteiger partial charge in [-0.15, -0.1) is 0 Å². The SMILES string of the molecule is CCC(C)c1ccc(N(c2ccc(C(CC)CC)cc2)c2ccc(C(C)(CC)CC)cc2)cc1. The Morgan fingerprint density at radius 2 is 1.00 bits per heavy atom. The highest BCUT2D eigenvalue weighted by molar-refractivity contribution is 5.76. The quantitative estimate of drug-likeness (QED) is 0.278. The number of benzene rings is 3. The monoisotopic (exact) mass is 455 g/mol. The molecule has 3 aromatic rings. The number of rotatable bonds is 11. The van der Waals surface area contributed by atoms with Gasteiger partial charge in [-0.3, -0.25) is 0 Å². The summed E-state index contributed by atoms with van der Waals surface area (Å²) in [5.41, 5.74) is 8.15. The van der Waals surface area contributed by atoms with E-state index in [-0.39, 0.29) is 5.41 Å². The summed E-state index contributed by atoms with van der Waals surface area (Å²) in [5.74, 6) is 1.22. The van der Waals surface area contributed by atoms with Gasteiger partial charge >= 0.3 is 0 Å². The maximum Gasteiger partial charge on any atom is 0.0461 e. The van der Waals surface area contributed by atoms with Crippen molar-refractivity contribution in [3.8, 4) is 0 Å². The Kier molecular flexibility index (Phi) is 9.00. The third kappa shape index (κ3) is 5.57. The van der Waals surface area contributed by atoms with Gasteiger partial charge in [0, 0.05) is 17.1 Å². The van der Waals surface area contributed by atoms with Crippen LogP contribution in [0.5, 0.6) is 0 Å². The maximum atomic E-state index is 2.40. The lowest BCUT2D eigenvalue weighted by Gasteiger charge is -2.30. The summed E-state index contributed by atoms with van der Waals surface area (Å²) >= 11 is 0. The second-order valence-corrected chi connectivity index (χ2v) is 10.2. The summed E-state index contributed by atoms with van der Waals surface area (Å²) in [5, 5.41) is 0. The molecule has 0 aliphatic heterocycles. The Morgan fingerprint density at radius 3 is 1.38 bits per heavy atom. The molecule has 0 amide bonds. The molecule has 0 aliphatic rings. The lowest BCUT2D eigenvalue weighted by atomic mass is 9.78. The minimum absolute atomic E-state index is 0.234. The fraction of sp³-hybridized carbons (Fsp3) is 0.455. The van der Waals surface area contributed by atoms with Gasteiger partial charge in [0.05, 0.1) is 0 Å². The topological polar surface area (TPSA) is 3.24 Å². The second kappa shape index (κ2) is 11.7. The van der Waals surface area contributed by atoms with Crippen molar-refractivity contribution in [1.29, 1.82) is 0 Å². The average Bonchev–Trinajstić information content (AvgIpc) is 2.90. The molecule has 3 aromatic carbocycles. The van der Waals surface area contributed by atoms with E-state index in [0.717, 1.165) is 19.3 Å². The molecule has 0 aromatic heterocycles. The molecule has 1 heteroatoms. The van der Waals surface area contributed by atoms with Gasteiger partial charge in [0.1, 0.15) is 0 Å². The van der Waals surface area contributed by atoms with Crippen LogP contribution in [0.4, 0.5) is 17.1 Å². The molecule has 0 N–H and O–H groups in total. The third-order valence-electron chi connectivity index (χ3n) is 8.32. The summed E-state index contributed by atoms with van der Waals surface area (Å²) in [6, 6.07) is 27.7. The van der Waals surface area contributed by atoms with Gasteiger partial charge < -0.3 is 4.90 Å². The van der Waals surface area contributed by atoms with Crippen LogP contribution in [0.2, 0.25) is 0 Å². The van der Waals surface area contributed by atoms with Gasteiger partial charge in [-0.25, -0.2) is 0 Å². The predicted octanol–water partition coefficient (Wildman–Crippen LogP) is 10.7. The van der Waals surface area contributed by atoms with E-state index in [1.807, 2.05) is 0 Å². The van der Waals surface area contributed by atoms with Crippen LogP contribution in [0.1, 0.15) is 109 Å². The van der Waals surface area contributed by atoms with E-state index in [2.05, 4.69) is 126 Å². The molecule has 0 heterocycles. The Bertz CT molecular complexity index is 990. The Morgan fingerprint density at radius 1 is 0.588 bits per heavy atom. The predicted molar refractivity (Wildman–Crippen MR) is 151 cm³/mol. The van der Waals surface area contributed by atoms with Crippen LogP contribution in [0.3, 0.4) is 0 Å². The summed E-state index contributed by atoms with van der Waals surface area (Å²) in [6.07, 6.45) is 5.84. The van der Waals surface area contributed by atoms with E-state index in [4.69, 9.17) is 0 Å². The van der Waals surface area contributed by atoms with Crippen LogP contribution in [-0.2, 0) is 5.41 Å². The molecule has 0 radical (unpaired) electrons. The van der Waals surface area contributed by atoms with Crippen LogP contribution in [0.25, 0.3) is 0 Å². The Labute approximate surface area is 209 Å². The summed E-state index contributed by atoms with van der Waals surface area (Å²) in [7, 11) is 0. The Hall–Kier alpha value is -2.54. The minimum Gasteiger partial charge on any atom is -0.311 e. The second-order valence-electron chi connectivity index (χ2n) is 10.2. The maximum absolute atomic E-state index is 2.40. The van der Waals surface area contributed by atoms with E-state index in [1.165, 1.54) is 46.6 Å². The van der Waals surface area contributed by atoms with E-state index in [1.54, 1.807) is 0 Å². The van der Waals surface area contributed by atoms with Gasteiger partial charge in [-0.05, 0) is 102 Å². The molecule has 34 heavy (non-hydrogen) atoms. The van der Waals surface area contributed by atoms with E-state index >= 15 is 0 Å². The molecule has 1 atom stereocenters. The lowest BCUT2D eigenvalue weighted by Crippen LogP contribution is -2.19. The minimum atomic E-state index is 0.234. The summed E-state index contributed by atoms with van der Waals surface area (Å²) < 4.78 is 0. The number of nitrogens with zero attached hydrogens (tertiary/aromatic N) is 1. The van der Waals surface area contributed by atoms with Crippen molar-refractivity contribution in [1.82, 2.24) is 0 Å². The average molecular weight is 456 g/mol. The molecule has 0 spiro atoms. The molecule has 0 saturated carbocycles. The first-order valence-electron chi connectivity index (χ1n) is 13.5.